The molecule has 0 aliphatic carbocycles. The van der Waals surface area contributed by atoms with E-state index in [2.05, 4.69) is 39.3 Å². The van der Waals surface area contributed by atoms with Gasteiger partial charge in [-0.1, -0.05) is 28.1 Å². The number of carbonyl (C=O) groups is 1. The van der Waals surface area contributed by atoms with Crippen molar-refractivity contribution in [2.75, 3.05) is 26.0 Å². The molecule has 0 saturated carbocycles. The lowest BCUT2D eigenvalue weighted by atomic mass is 9.98. The molecule has 0 radical (unpaired) electrons. The molecule has 2 aromatic carbocycles. The van der Waals surface area contributed by atoms with E-state index in [1.807, 2.05) is 30.3 Å². The van der Waals surface area contributed by atoms with Gasteiger partial charge in [-0.25, -0.2) is 0 Å². The molecule has 1 heterocycles. The summed E-state index contributed by atoms with van der Waals surface area (Å²) in [7, 11) is 3.73. The molecule has 5 heteroatoms. The number of likely N-dealkylation sites (N-methyl/N-ethyl adjacent to an activating group) is 1. The predicted octanol–water partition coefficient (Wildman–Crippen LogP) is 4.10. The van der Waals surface area contributed by atoms with Gasteiger partial charge < -0.3 is 15.0 Å². The summed E-state index contributed by atoms with van der Waals surface area (Å²) in [6.07, 6.45) is 4.26. The lowest BCUT2D eigenvalue weighted by Gasteiger charge is -2.26. The third-order valence-electron chi connectivity index (χ3n) is 4.32. The molecular formula is C20H21BrN2O2. The number of benzene rings is 2. The Bertz CT molecular complexity index is 817. The highest BCUT2D eigenvalue weighted by Crippen LogP contribution is 2.26. The number of ether oxygens (including phenoxy) is 1. The van der Waals surface area contributed by atoms with Crippen LogP contribution in [0, 0.1) is 0 Å². The second kappa shape index (κ2) is 7.85. The van der Waals surface area contributed by atoms with E-state index in [4.69, 9.17) is 4.74 Å². The molecule has 0 bridgehead atoms. The van der Waals surface area contributed by atoms with Crippen molar-refractivity contribution in [3.63, 3.8) is 0 Å². The Morgan fingerprint density at radius 2 is 2.16 bits per heavy atom. The largest absolute Gasteiger partial charge is 0.496 e. The Morgan fingerprint density at radius 1 is 1.32 bits per heavy atom. The molecule has 0 saturated heterocycles. The number of amides is 1. The van der Waals surface area contributed by atoms with Gasteiger partial charge in [0.2, 0.25) is 5.91 Å². The Morgan fingerprint density at radius 3 is 2.96 bits per heavy atom. The van der Waals surface area contributed by atoms with E-state index in [1.165, 1.54) is 11.1 Å². The van der Waals surface area contributed by atoms with Crippen molar-refractivity contribution in [2.45, 2.75) is 13.0 Å². The van der Waals surface area contributed by atoms with Gasteiger partial charge in [0.25, 0.3) is 0 Å². The molecule has 0 fully saturated rings. The standard InChI is InChI=1S/C20H21BrN2O2/c1-23-11-10-17-15(13-23)4-3-5-18(17)22-20(24)9-6-14-12-16(21)7-8-19(14)25-2/h3-9,12H,10-11,13H2,1-2H3,(H,22,24)/b9-6+. The first-order chi connectivity index (χ1) is 12.1. The maximum absolute atomic E-state index is 12.4. The third-order valence-corrected chi connectivity index (χ3v) is 4.81. The number of rotatable bonds is 4. The van der Waals surface area contributed by atoms with Crippen molar-refractivity contribution < 1.29 is 9.53 Å². The van der Waals surface area contributed by atoms with Crippen LogP contribution >= 0.6 is 15.9 Å². The fourth-order valence-electron chi connectivity index (χ4n) is 3.04. The zero-order valence-corrected chi connectivity index (χ0v) is 16.0. The summed E-state index contributed by atoms with van der Waals surface area (Å²) in [5, 5.41) is 3.01. The van der Waals surface area contributed by atoms with E-state index in [1.54, 1.807) is 19.3 Å². The average Bonchev–Trinajstić information content (AvgIpc) is 2.60. The van der Waals surface area contributed by atoms with E-state index in [0.29, 0.717) is 0 Å². The van der Waals surface area contributed by atoms with Gasteiger partial charge in [0, 0.05) is 34.9 Å². The number of nitrogens with zero attached hydrogens (tertiary/aromatic N) is 1. The second-order valence-electron chi connectivity index (χ2n) is 6.14. The van der Waals surface area contributed by atoms with Crippen LogP contribution in [0.15, 0.2) is 46.9 Å². The smallest absolute Gasteiger partial charge is 0.248 e. The van der Waals surface area contributed by atoms with Crippen LogP contribution in [0.4, 0.5) is 5.69 Å². The van der Waals surface area contributed by atoms with Crippen LogP contribution in [-0.4, -0.2) is 31.5 Å². The minimum atomic E-state index is -0.144. The predicted molar refractivity (Wildman–Crippen MR) is 105 cm³/mol. The van der Waals surface area contributed by atoms with E-state index < -0.39 is 0 Å². The molecule has 130 valence electrons. The van der Waals surface area contributed by atoms with Crippen LogP contribution in [0.25, 0.3) is 6.08 Å². The summed E-state index contributed by atoms with van der Waals surface area (Å²) in [4.78, 5) is 14.6. The number of halogens is 1. The van der Waals surface area contributed by atoms with Gasteiger partial charge in [0.1, 0.15) is 5.75 Å². The number of hydrogen-bond donors (Lipinski definition) is 1. The lowest BCUT2D eigenvalue weighted by molar-refractivity contribution is -0.111. The van der Waals surface area contributed by atoms with Gasteiger partial charge in [-0.2, -0.15) is 0 Å². The maximum Gasteiger partial charge on any atom is 0.248 e. The summed E-state index contributed by atoms with van der Waals surface area (Å²) < 4.78 is 6.27. The number of hydrogen-bond acceptors (Lipinski definition) is 3. The molecule has 0 unspecified atom stereocenters. The van der Waals surface area contributed by atoms with Crippen LogP contribution in [0.1, 0.15) is 16.7 Å². The fourth-order valence-corrected chi connectivity index (χ4v) is 3.42. The average molecular weight is 401 g/mol. The van der Waals surface area contributed by atoms with E-state index >= 15 is 0 Å². The van der Waals surface area contributed by atoms with Gasteiger partial charge in [0.15, 0.2) is 0 Å². The van der Waals surface area contributed by atoms with Crippen molar-refractivity contribution >= 4 is 33.6 Å². The number of anilines is 1. The number of nitrogens with one attached hydrogen (secondary N) is 1. The van der Waals surface area contributed by atoms with E-state index in [-0.39, 0.29) is 5.91 Å². The molecule has 0 aromatic heterocycles. The van der Waals surface area contributed by atoms with Crippen molar-refractivity contribution in [3.8, 4) is 5.75 Å². The molecule has 0 atom stereocenters. The van der Waals surface area contributed by atoms with E-state index in [0.717, 1.165) is 41.0 Å². The third kappa shape index (κ3) is 4.30. The molecule has 4 nitrogen and oxygen atoms in total. The quantitative estimate of drug-likeness (QED) is 0.785. The van der Waals surface area contributed by atoms with Gasteiger partial charge in [-0.05, 0) is 54.9 Å². The molecule has 25 heavy (non-hydrogen) atoms. The topological polar surface area (TPSA) is 41.6 Å². The van der Waals surface area contributed by atoms with Crippen LogP contribution < -0.4 is 10.1 Å². The number of methoxy groups -OCH3 is 1. The summed E-state index contributed by atoms with van der Waals surface area (Å²) in [6, 6.07) is 11.8. The van der Waals surface area contributed by atoms with Gasteiger partial charge in [0.05, 0.1) is 7.11 Å². The first kappa shape index (κ1) is 17.7. The monoisotopic (exact) mass is 400 g/mol. The van der Waals surface area contributed by atoms with E-state index in [9.17, 15) is 4.79 Å². The molecule has 1 aliphatic heterocycles. The normalized spacial score (nSPS) is 14.4. The van der Waals surface area contributed by atoms with Crippen molar-refractivity contribution in [2.24, 2.45) is 0 Å². The molecule has 1 N–H and O–H groups in total. The number of fused-ring (bicyclic) bond motifs is 1. The van der Waals surface area contributed by atoms with Crippen molar-refractivity contribution in [1.29, 1.82) is 0 Å². The summed E-state index contributed by atoms with van der Waals surface area (Å²) in [6.45, 7) is 1.93. The highest BCUT2D eigenvalue weighted by molar-refractivity contribution is 9.10. The van der Waals surface area contributed by atoms with Crippen LogP contribution in [0.3, 0.4) is 0 Å². The van der Waals surface area contributed by atoms with Gasteiger partial charge >= 0.3 is 0 Å². The minimum Gasteiger partial charge on any atom is -0.496 e. The molecule has 2 aromatic rings. The SMILES string of the molecule is COc1ccc(Br)cc1/C=C/C(=O)Nc1cccc2c1CCN(C)C2. The maximum atomic E-state index is 12.4. The molecule has 3 rings (SSSR count). The second-order valence-corrected chi connectivity index (χ2v) is 7.06. The number of carbonyl (C=O) groups excluding carboxylic acids is 1. The molecule has 0 spiro atoms. The minimum absolute atomic E-state index is 0.144. The first-order valence-corrected chi connectivity index (χ1v) is 8.98. The van der Waals surface area contributed by atoms with Crippen LogP contribution in [-0.2, 0) is 17.8 Å². The summed E-state index contributed by atoms with van der Waals surface area (Å²) in [5.41, 5.74) is 4.27. The lowest BCUT2D eigenvalue weighted by Crippen LogP contribution is -2.27. The van der Waals surface area contributed by atoms with Crippen molar-refractivity contribution in [3.05, 3.63) is 63.6 Å². The summed E-state index contributed by atoms with van der Waals surface area (Å²) in [5.74, 6) is 0.585. The highest BCUT2D eigenvalue weighted by Gasteiger charge is 2.16. The summed E-state index contributed by atoms with van der Waals surface area (Å²) >= 11 is 3.44. The Hall–Kier alpha value is -2.11. The highest BCUT2D eigenvalue weighted by atomic mass is 79.9. The van der Waals surface area contributed by atoms with Gasteiger partial charge in [-0.3, -0.25) is 4.79 Å². The fraction of sp³-hybridized carbons (Fsp3) is 0.250. The van der Waals surface area contributed by atoms with Crippen LogP contribution in [0.2, 0.25) is 0 Å². The molecular weight excluding hydrogens is 380 g/mol. The first-order valence-electron chi connectivity index (χ1n) is 8.18. The Kier molecular flexibility index (Phi) is 5.56. The molecule has 1 amide bonds. The molecule has 1 aliphatic rings. The zero-order chi connectivity index (χ0) is 17.8. The van der Waals surface area contributed by atoms with Gasteiger partial charge in [-0.15, -0.1) is 0 Å². The zero-order valence-electron chi connectivity index (χ0n) is 14.4. The Labute approximate surface area is 156 Å². The Balaban J connectivity index is 1.76. The van der Waals surface area contributed by atoms with Crippen LogP contribution in [0.5, 0.6) is 5.75 Å². The van der Waals surface area contributed by atoms with Crippen molar-refractivity contribution in [1.82, 2.24) is 4.90 Å².